The number of alkyl halides is 1. The molecule has 0 radical (unpaired) electrons. The van der Waals surface area contributed by atoms with Gasteiger partial charge in [-0.25, -0.2) is 0 Å². The van der Waals surface area contributed by atoms with Crippen LogP contribution >= 0.6 is 43.5 Å². The zero-order chi connectivity index (χ0) is 13.0. The molecule has 100 valence electrons. The quantitative estimate of drug-likeness (QED) is 0.446. The molecule has 0 aromatic heterocycles. The van der Waals surface area contributed by atoms with Crippen LogP contribution in [0.1, 0.15) is 44.1 Å². The van der Waals surface area contributed by atoms with Crippen molar-refractivity contribution in [1.29, 1.82) is 0 Å². The summed E-state index contributed by atoms with van der Waals surface area (Å²) in [7, 11) is 0. The molecule has 0 N–H and O–H groups in total. The van der Waals surface area contributed by atoms with E-state index in [1.807, 2.05) is 12.1 Å². The molecule has 0 atom stereocenters. The molecule has 18 heavy (non-hydrogen) atoms. The Kier molecular flexibility index (Phi) is 5.84. The standard InChI is InChI=1S/C14H17Br2ClO/c15-12-7-10(9-17)8-13(16)14(12)18-11-5-3-1-2-4-6-11/h7-8,11H,1-6,9H2. The third-order valence-electron chi connectivity index (χ3n) is 3.30. The van der Waals surface area contributed by atoms with Gasteiger partial charge in [0.2, 0.25) is 0 Å². The molecule has 0 bridgehead atoms. The van der Waals surface area contributed by atoms with Gasteiger partial charge in [0, 0.05) is 5.88 Å². The molecule has 0 amide bonds. The highest BCUT2D eigenvalue weighted by Gasteiger charge is 2.17. The van der Waals surface area contributed by atoms with Gasteiger partial charge >= 0.3 is 0 Å². The lowest BCUT2D eigenvalue weighted by Crippen LogP contribution is -2.15. The molecule has 0 unspecified atom stereocenters. The minimum atomic E-state index is 0.349. The Hall–Kier alpha value is 0.270. The van der Waals surface area contributed by atoms with Crippen LogP contribution in [0.3, 0.4) is 0 Å². The van der Waals surface area contributed by atoms with Gasteiger partial charge < -0.3 is 4.74 Å². The molecular weight excluding hydrogens is 379 g/mol. The maximum absolute atomic E-state index is 6.16. The molecule has 0 heterocycles. The van der Waals surface area contributed by atoms with Crippen molar-refractivity contribution in [3.05, 3.63) is 26.6 Å². The zero-order valence-electron chi connectivity index (χ0n) is 10.2. The van der Waals surface area contributed by atoms with Crippen molar-refractivity contribution in [2.45, 2.75) is 50.5 Å². The normalized spacial score (nSPS) is 17.5. The topological polar surface area (TPSA) is 9.23 Å². The van der Waals surface area contributed by atoms with E-state index in [2.05, 4.69) is 31.9 Å². The van der Waals surface area contributed by atoms with Gasteiger partial charge in [-0.3, -0.25) is 0 Å². The maximum Gasteiger partial charge on any atom is 0.148 e. The summed E-state index contributed by atoms with van der Waals surface area (Å²) in [5.41, 5.74) is 1.09. The lowest BCUT2D eigenvalue weighted by molar-refractivity contribution is 0.181. The average Bonchev–Trinajstić information content (AvgIpc) is 2.62. The molecule has 4 heteroatoms. The molecule has 1 aromatic carbocycles. The summed E-state index contributed by atoms with van der Waals surface area (Å²) in [6.45, 7) is 0. The average molecular weight is 397 g/mol. The van der Waals surface area contributed by atoms with Crippen molar-refractivity contribution in [2.75, 3.05) is 0 Å². The molecule has 1 fully saturated rings. The largest absolute Gasteiger partial charge is 0.488 e. The summed E-state index contributed by atoms with van der Waals surface area (Å²) < 4.78 is 8.13. The molecule has 0 spiro atoms. The fourth-order valence-electron chi connectivity index (χ4n) is 2.33. The lowest BCUT2D eigenvalue weighted by atomic mass is 10.1. The number of ether oxygens (including phenoxy) is 1. The van der Waals surface area contributed by atoms with Gasteiger partial charge in [0.05, 0.1) is 15.0 Å². The fourth-order valence-corrected chi connectivity index (χ4v) is 3.95. The minimum Gasteiger partial charge on any atom is -0.488 e. The predicted octanol–water partition coefficient (Wildman–Crippen LogP) is 6.05. The van der Waals surface area contributed by atoms with Crippen molar-refractivity contribution in [1.82, 2.24) is 0 Å². The molecule has 1 aromatic rings. The molecule has 1 aliphatic carbocycles. The van der Waals surface area contributed by atoms with Crippen molar-refractivity contribution < 1.29 is 4.74 Å². The first-order valence-corrected chi connectivity index (χ1v) is 8.53. The van der Waals surface area contributed by atoms with Crippen LogP contribution < -0.4 is 4.74 Å². The van der Waals surface area contributed by atoms with Gasteiger partial charge in [-0.05, 0) is 75.2 Å². The Balaban J connectivity index is 2.12. The Morgan fingerprint density at radius 3 is 2.11 bits per heavy atom. The summed E-state index contributed by atoms with van der Waals surface area (Å²) >= 11 is 13.0. The van der Waals surface area contributed by atoms with E-state index in [4.69, 9.17) is 16.3 Å². The van der Waals surface area contributed by atoms with Gasteiger partial charge in [0.25, 0.3) is 0 Å². The van der Waals surface area contributed by atoms with Crippen LogP contribution in [0.15, 0.2) is 21.1 Å². The highest BCUT2D eigenvalue weighted by molar-refractivity contribution is 9.11. The van der Waals surface area contributed by atoms with Crippen LogP contribution in [0, 0.1) is 0 Å². The van der Waals surface area contributed by atoms with Gasteiger partial charge in [-0.1, -0.05) is 12.8 Å². The summed E-state index contributed by atoms with van der Waals surface area (Å²) in [5, 5.41) is 0. The van der Waals surface area contributed by atoms with E-state index in [-0.39, 0.29) is 0 Å². The summed E-state index contributed by atoms with van der Waals surface area (Å²) in [6, 6.07) is 4.06. The Bertz CT molecular complexity index is 378. The highest BCUT2D eigenvalue weighted by atomic mass is 79.9. The number of hydrogen-bond acceptors (Lipinski definition) is 1. The second kappa shape index (κ2) is 7.16. The second-order valence-corrected chi connectivity index (χ2v) is 6.73. The van der Waals surface area contributed by atoms with Crippen LogP contribution in [0.5, 0.6) is 5.75 Å². The first-order valence-electron chi connectivity index (χ1n) is 6.41. The third kappa shape index (κ3) is 3.88. The van der Waals surface area contributed by atoms with Crippen LogP contribution in [-0.4, -0.2) is 6.10 Å². The van der Waals surface area contributed by atoms with E-state index in [0.29, 0.717) is 12.0 Å². The van der Waals surface area contributed by atoms with Gasteiger partial charge in [-0.15, -0.1) is 11.6 Å². The lowest BCUT2D eigenvalue weighted by Gasteiger charge is -2.19. The van der Waals surface area contributed by atoms with Crippen molar-refractivity contribution >= 4 is 43.5 Å². The second-order valence-electron chi connectivity index (χ2n) is 4.75. The van der Waals surface area contributed by atoms with Crippen molar-refractivity contribution in [3.63, 3.8) is 0 Å². The van der Waals surface area contributed by atoms with E-state index in [1.54, 1.807) is 0 Å². The molecule has 1 saturated carbocycles. The maximum atomic E-state index is 6.16. The van der Waals surface area contributed by atoms with Gasteiger partial charge in [0.1, 0.15) is 5.75 Å². The highest BCUT2D eigenvalue weighted by Crippen LogP contribution is 2.37. The number of rotatable bonds is 3. The predicted molar refractivity (Wildman–Crippen MR) is 83.5 cm³/mol. The van der Waals surface area contributed by atoms with E-state index in [9.17, 15) is 0 Å². The number of benzene rings is 1. The van der Waals surface area contributed by atoms with Crippen molar-refractivity contribution in [3.8, 4) is 5.75 Å². The Labute approximate surface area is 130 Å². The smallest absolute Gasteiger partial charge is 0.148 e. The monoisotopic (exact) mass is 394 g/mol. The van der Waals surface area contributed by atoms with Gasteiger partial charge in [0.15, 0.2) is 0 Å². The molecule has 1 aliphatic rings. The fraction of sp³-hybridized carbons (Fsp3) is 0.571. The summed E-state index contributed by atoms with van der Waals surface area (Å²) in [4.78, 5) is 0. The summed E-state index contributed by atoms with van der Waals surface area (Å²) in [5.74, 6) is 1.43. The van der Waals surface area contributed by atoms with Crippen LogP contribution in [0.2, 0.25) is 0 Å². The third-order valence-corrected chi connectivity index (χ3v) is 4.79. The van der Waals surface area contributed by atoms with E-state index >= 15 is 0 Å². The molecular formula is C14H17Br2ClO. The first kappa shape index (κ1) is 14.7. The summed E-state index contributed by atoms with van der Waals surface area (Å²) in [6.07, 6.45) is 7.91. The molecule has 2 rings (SSSR count). The Morgan fingerprint density at radius 2 is 1.61 bits per heavy atom. The van der Waals surface area contributed by atoms with Gasteiger partial charge in [-0.2, -0.15) is 0 Å². The van der Waals surface area contributed by atoms with Crippen LogP contribution in [0.25, 0.3) is 0 Å². The molecule has 1 nitrogen and oxygen atoms in total. The number of hydrogen-bond donors (Lipinski definition) is 0. The van der Waals surface area contributed by atoms with E-state index < -0.39 is 0 Å². The number of halogens is 3. The Morgan fingerprint density at radius 1 is 1.06 bits per heavy atom. The van der Waals surface area contributed by atoms with E-state index in [1.165, 1.54) is 25.7 Å². The van der Waals surface area contributed by atoms with E-state index in [0.717, 1.165) is 33.1 Å². The van der Waals surface area contributed by atoms with Crippen LogP contribution in [-0.2, 0) is 5.88 Å². The molecule has 0 saturated heterocycles. The van der Waals surface area contributed by atoms with Crippen LogP contribution in [0.4, 0.5) is 0 Å². The zero-order valence-corrected chi connectivity index (χ0v) is 14.2. The van der Waals surface area contributed by atoms with Crippen molar-refractivity contribution in [2.24, 2.45) is 0 Å². The molecule has 0 aliphatic heterocycles. The SMILES string of the molecule is ClCc1cc(Br)c(OC2CCCCCC2)c(Br)c1. The first-order chi connectivity index (χ1) is 8.70. The minimum absolute atomic E-state index is 0.349.